The number of benzene rings is 1. The molecule has 0 saturated carbocycles. The first-order valence-electron chi connectivity index (χ1n) is 10.2. The zero-order chi connectivity index (χ0) is 24.3. The lowest BCUT2D eigenvalue weighted by Gasteiger charge is -2.12. The molecule has 0 bridgehead atoms. The number of nitrogens with zero attached hydrogens (tertiary/aromatic N) is 3. The van der Waals surface area contributed by atoms with Gasteiger partial charge in [-0.1, -0.05) is 18.2 Å². The van der Waals surface area contributed by atoms with Gasteiger partial charge in [0.2, 0.25) is 15.9 Å². The minimum atomic E-state index is -3.49. The van der Waals surface area contributed by atoms with Crippen LogP contribution >= 0.6 is 11.3 Å². The minimum Gasteiger partial charge on any atom is -0.340 e. The number of thiazole rings is 1. The number of anilines is 1. The Hall–Kier alpha value is -3.83. The smallest absolute Gasteiger partial charge is 0.253 e. The van der Waals surface area contributed by atoms with Gasteiger partial charge in [-0.05, 0) is 42.3 Å². The molecule has 4 aromatic rings. The third-order valence-corrected chi connectivity index (χ3v) is 6.71. The lowest BCUT2D eigenvalue weighted by atomic mass is 10.0. The quantitative estimate of drug-likeness (QED) is 0.406. The number of aromatic nitrogens is 3. The SMILES string of the molecule is C[C@H](NC(=O)c1ccn(S(C)(=O)=O)c1)C(=O)Nc1nc(-c2cccc(-c3ccncc3)c2)cs1. The third kappa shape index (κ3) is 5.38. The summed E-state index contributed by atoms with van der Waals surface area (Å²) in [5.41, 5.74) is 3.82. The van der Waals surface area contributed by atoms with Crippen LogP contribution in [0.1, 0.15) is 17.3 Å². The Morgan fingerprint density at radius 2 is 1.79 bits per heavy atom. The minimum absolute atomic E-state index is 0.135. The molecule has 1 aromatic carbocycles. The molecule has 3 aromatic heterocycles. The van der Waals surface area contributed by atoms with Gasteiger partial charge in [0.15, 0.2) is 5.13 Å². The molecular formula is C23H21N5O4S2. The summed E-state index contributed by atoms with van der Waals surface area (Å²) in [7, 11) is -3.49. The number of hydrogen-bond acceptors (Lipinski definition) is 7. The first-order valence-corrected chi connectivity index (χ1v) is 12.9. The molecule has 11 heteroatoms. The number of amides is 2. The number of pyridine rings is 1. The van der Waals surface area contributed by atoms with Gasteiger partial charge in [0.1, 0.15) is 6.04 Å². The summed E-state index contributed by atoms with van der Waals surface area (Å²) in [5, 5.41) is 7.51. The summed E-state index contributed by atoms with van der Waals surface area (Å²) in [4.78, 5) is 33.5. The monoisotopic (exact) mass is 495 g/mol. The van der Waals surface area contributed by atoms with Crippen LogP contribution in [-0.2, 0) is 14.8 Å². The van der Waals surface area contributed by atoms with Gasteiger partial charge in [0.25, 0.3) is 5.91 Å². The summed E-state index contributed by atoms with van der Waals surface area (Å²) >= 11 is 1.28. The number of hydrogen-bond donors (Lipinski definition) is 2. The number of nitrogens with one attached hydrogen (secondary N) is 2. The fourth-order valence-corrected chi connectivity index (χ4v) is 4.45. The van der Waals surface area contributed by atoms with E-state index >= 15 is 0 Å². The summed E-state index contributed by atoms with van der Waals surface area (Å²) in [6.07, 6.45) is 6.97. The van der Waals surface area contributed by atoms with Crippen LogP contribution in [0.3, 0.4) is 0 Å². The van der Waals surface area contributed by atoms with E-state index in [9.17, 15) is 18.0 Å². The molecule has 0 aliphatic carbocycles. The largest absolute Gasteiger partial charge is 0.340 e. The van der Waals surface area contributed by atoms with Gasteiger partial charge < -0.3 is 10.6 Å². The zero-order valence-electron chi connectivity index (χ0n) is 18.3. The van der Waals surface area contributed by atoms with Crippen LogP contribution in [0.25, 0.3) is 22.4 Å². The lowest BCUT2D eigenvalue weighted by molar-refractivity contribution is -0.117. The van der Waals surface area contributed by atoms with Gasteiger partial charge in [-0.2, -0.15) is 0 Å². The normalized spacial score (nSPS) is 12.2. The first kappa shape index (κ1) is 23.3. The van der Waals surface area contributed by atoms with Crippen molar-refractivity contribution in [2.75, 3.05) is 11.6 Å². The molecule has 0 spiro atoms. The molecule has 1 atom stereocenters. The van der Waals surface area contributed by atoms with Gasteiger partial charge >= 0.3 is 0 Å². The fourth-order valence-electron chi connectivity index (χ4n) is 3.14. The van der Waals surface area contributed by atoms with E-state index in [0.717, 1.165) is 32.6 Å². The fraction of sp³-hybridized carbons (Fsp3) is 0.130. The molecular weight excluding hydrogens is 474 g/mol. The van der Waals surface area contributed by atoms with Crippen molar-refractivity contribution in [3.8, 4) is 22.4 Å². The van der Waals surface area contributed by atoms with Gasteiger partial charge in [-0.15, -0.1) is 11.3 Å². The Morgan fingerprint density at radius 3 is 2.50 bits per heavy atom. The van der Waals surface area contributed by atoms with Crippen molar-refractivity contribution in [2.24, 2.45) is 0 Å². The summed E-state index contributed by atoms with van der Waals surface area (Å²) in [6, 6.07) is 12.3. The molecule has 0 radical (unpaired) electrons. The van der Waals surface area contributed by atoms with Crippen LogP contribution in [0.15, 0.2) is 72.6 Å². The molecule has 174 valence electrons. The van der Waals surface area contributed by atoms with Crippen LogP contribution in [0.4, 0.5) is 5.13 Å². The summed E-state index contributed by atoms with van der Waals surface area (Å²) in [6.45, 7) is 1.54. The number of carbonyl (C=O) groups excluding carboxylic acids is 2. The van der Waals surface area contributed by atoms with Gasteiger partial charge in [-0.25, -0.2) is 13.4 Å². The lowest BCUT2D eigenvalue weighted by Crippen LogP contribution is -2.41. The van der Waals surface area contributed by atoms with E-state index in [0.29, 0.717) is 5.13 Å². The summed E-state index contributed by atoms with van der Waals surface area (Å²) in [5.74, 6) is -1.000. The van der Waals surface area contributed by atoms with E-state index in [1.165, 1.54) is 36.7 Å². The van der Waals surface area contributed by atoms with E-state index in [2.05, 4.69) is 20.6 Å². The van der Waals surface area contributed by atoms with E-state index in [4.69, 9.17) is 0 Å². The Kier molecular flexibility index (Phi) is 6.57. The molecule has 2 N–H and O–H groups in total. The Morgan fingerprint density at radius 1 is 1.06 bits per heavy atom. The van der Waals surface area contributed by atoms with Crippen molar-refractivity contribution in [1.29, 1.82) is 0 Å². The molecule has 0 aliphatic heterocycles. The molecule has 0 fully saturated rings. The van der Waals surface area contributed by atoms with Crippen LogP contribution in [-0.4, -0.2) is 46.5 Å². The van der Waals surface area contributed by atoms with Gasteiger partial charge in [0, 0.05) is 35.7 Å². The molecule has 0 unspecified atom stereocenters. The van der Waals surface area contributed by atoms with Crippen molar-refractivity contribution in [1.82, 2.24) is 19.3 Å². The molecule has 0 aliphatic rings. The summed E-state index contributed by atoms with van der Waals surface area (Å²) < 4.78 is 24.1. The van der Waals surface area contributed by atoms with Crippen molar-refractivity contribution in [3.05, 3.63) is 78.2 Å². The molecule has 3 heterocycles. The second kappa shape index (κ2) is 9.57. The Balaban J connectivity index is 1.40. The van der Waals surface area contributed by atoms with Crippen molar-refractivity contribution in [2.45, 2.75) is 13.0 Å². The number of carbonyl (C=O) groups is 2. The molecule has 2 amide bonds. The average Bonchev–Trinajstić information content (AvgIpc) is 3.50. The van der Waals surface area contributed by atoms with Crippen molar-refractivity contribution < 1.29 is 18.0 Å². The molecule has 9 nitrogen and oxygen atoms in total. The van der Waals surface area contributed by atoms with Crippen LogP contribution in [0, 0.1) is 0 Å². The maximum Gasteiger partial charge on any atom is 0.253 e. The van der Waals surface area contributed by atoms with Crippen molar-refractivity contribution >= 4 is 38.3 Å². The highest BCUT2D eigenvalue weighted by molar-refractivity contribution is 7.89. The average molecular weight is 496 g/mol. The number of rotatable bonds is 7. The second-order valence-electron chi connectivity index (χ2n) is 7.53. The Labute approximate surface area is 200 Å². The standard InChI is InChI=1S/C23H21N5O4S2/c1-15(25-22(30)19-8-11-28(13-19)34(2,31)32)21(29)27-23-26-20(14-33-23)18-5-3-4-17(12-18)16-6-9-24-10-7-16/h3-15H,1-2H3,(H,25,30)(H,26,27,29)/t15-/m0/s1. The van der Waals surface area contributed by atoms with E-state index in [1.807, 2.05) is 41.8 Å². The first-order chi connectivity index (χ1) is 16.2. The van der Waals surface area contributed by atoms with E-state index in [1.54, 1.807) is 12.4 Å². The van der Waals surface area contributed by atoms with Crippen molar-refractivity contribution in [3.63, 3.8) is 0 Å². The highest BCUT2D eigenvalue weighted by Crippen LogP contribution is 2.28. The second-order valence-corrected chi connectivity index (χ2v) is 10.3. The van der Waals surface area contributed by atoms with Gasteiger partial charge in [0.05, 0.1) is 17.5 Å². The van der Waals surface area contributed by atoms with E-state index in [-0.39, 0.29) is 5.56 Å². The predicted octanol–water partition coefficient (Wildman–Crippen LogP) is 3.24. The molecule has 4 rings (SSSR count). The van der Waals surface area contributed by atoms with Crippen LogP contribution < -0.4 is 10.6 Å². The maximum atomic E-state index is 12.6. The van der Waals surface area contributed by atoms with Crippen LogP contribution in [0.2, 0.25) is 0 Å². The highest BCUT2D eigenvalue weighted by Gasteiger charge is 2.19. The van der Waals surface area contributed by atoms with Crippen LogP contribution in [0.5, 0.6) is 0 Å². The molecule has 34 heavy (non-hydrogen) atoms. The topological polar surface area (TPSA) is 123 Å². The molecule has 0 saturated heterocycles. The zero-order valence-corrected chi connectivity index (χ0v) is 19.9. The van der Waals surface area contributed by atoms with E-state index < -0.39 is 27.9 Å². The Bertz CT molecular complexity index is 1440. The maximum absolute atomic E-state index is 12.6. The van der Waals surface area contributed by atoms with Gasteiger partial charge in [-0.3, -0.25) is 18.5 Å². The predicted molar refractivity (Wildman–Crippen MR) is 131 cm³/mol. The third-order valence-electron chi connectivity index (χ3n) is 4.96. The highest BCUT2D eigenvalue weighted by atomic mass is 32.2.